The summed E-state index contributed by atoms with van der Waals surface area (Å²) in [6.45, 7) is 0.377. The summed E-state index contributed by atoms with van der Waals surface area (Å²) in [6, 6.07) is 11.7. The van der Waals surface area contributed by atoms with Crippen LogP contribution in [0.1, 0.15) is 15.9 Å². The molecule has 0 aliphatic carbocycles. The molecule has 0 spiro atoms. The molecular weight excluding hydrogens is 287 g/mol. The second-order valence-corrected chi connectivity index (χ2v) is 4.99. The molecule has 0 saturated heterocycles. The second kappa shape index (κ2) is 6.91. The number of nitro benzene ring substituents is 1. The third-order valence-corrected chi connectivity index (χ3v) is 3.21. The number of carbonyl (C=O) groups is 1. The van der Waals surface area contributed by atoms with Crippen LogP contribution in [0.2, 0.25) is 0 Å². The molecule has 2 rings (SSSR count). The maximum Gasteiger partial charge on any atom is 0.273 e. The molecule has 0 amide bonds. The van der Waals surface area contributed by atoms with Crippen molar-refractivity contribution in [3.05, 3.63) is 75.6 Å². The predicted octanol–water partition coefficient (Wildman–Crippen LogP) is 3.05. The minimum atomic E-state index is -0.440. The fourth-order valence-electron chi connectivity index (χ4n) is 2.14. The SMILES string of the molecule is CN(CC(=O)c1ccc(F)cc1)Cc1ccccc1[N+](=O)[O-]. The zero-order valence-corrected chi connectivity index (χ0v) is 12.0. The van der Waals surface area contributed by atoms with Gasteiger partial charge in [0, 0.05) is 23.7 Å². The minimum absolute atomic E-state index is 0.0311. The van der Waals surface area contributed by atoms with Crippen LogP contribution >= 0.6 is 0 Å². The van der Waals surface area contributed by atoms with Crippen molar-refractivity contribution in [2.24, 2.45) is 0 Å². The first-order chi connectivity index (χ1) is 10.5. The normalized spacial score (nSPS) is 10.7. The predicted molar refractivity (Wildman–Crippen MR) is 80.2 cm³/mol. The Morgan fingerprint density at radius 2 is 1.82 bits per heavy atom. The van der Waals surface area contributed by atoms with Gasteiger partial charge < -0.3 is 0 Å². The van der Waals surface area contributed by atoms with Gasteiger partial charge in [-0.1, -0.05) is 18.2 Å². The number of halogens is 1. The van der Waals surface area contributed by atoms with E-state index >= 15 is 0 Å². The third kappa shape index (κ3) is 3.95. The van der Waals surface area contributed by atoms with Gasteiger partial charge in [0.05, 0.1) is 11.5 Å². The lowest BCUT2D eigenvalue weighted by Crippen LogP contribution is -2.26. The monoisotopic (exact) mass is 302 g/mol. The van der Waals surface area contributed by atoms with E-state index in [4.69, 9.17) is 0 Å². The molecule has 0 bridgehead atoms. The molecule has 0 unspecified atom stereocenters. The Morgan fingerprint density at radius 1 is 1.18 bits per heavy atom. The van der Waals surface area contributed by atoms with Crippen LogP contribution in [-0.4, -0.2) is 29.2 Å². The second-order valence-electron chi connectivity index (χ2n) is 4.99. The highest BCUT2D eigenvalue weighted by atomic mass is 19.1. The van der Waals surface area contributed by atoms with Crippen molar-refractivity contribution in [3.63, 3.8) is 0 Å². The molecule has 22 heavy (non-hydrogen) atoms. The molecule has 0 aliphatic rings. The van der Waals surface area contributed by atoms with Crippen molar-refractivity contribution in [3.8, 4) is 0 Å². The molecule has 0 aromatic heterocycles. The maximum absolute atomic E-state index is 12.8. The van der Waals surface area contributed by atoms with Gasteiger partial charge in [-0.2, -0.15) is 0 Å². The lowest BCUT2D eigenvalue weighted by Gasteiger charge is -2.15. The van der Waals surface area contributed by atoms with Crippen LogP contribution < -0.4 is 0 Å². The zero-order valence-electron chi connectivity index (χ0n) is 12.0. The fraction of sp³-hybridized carbons (Fsp3) is 0.188. The van der Waals surface area contributed by atoms with Gasteiger partial charge in [0.2, 0.25) is 0 Å². The van der Waals surface area contributed by atoms with Gasteiger partial charge in [-0.05, 0) is 31.3 Å². The van der Waals surface area contributed by atoms with Crippen LogP contribution in [0.15, 0.2) is 48.5 Å². The molecule has 0 saturated carbocycles. The Hall–Kier alpha value is -2.60. The Balaban J connectivity index is 2.04. The van der Waals surface area contributed by atoms with Gasteiger partial charge in [0.1, 0.15) is 5.82 Å². The molecule has 0 heterocycles. The van der Waals surface area contributed by atoms with Crippen LogP contribution in [-0.2, 0) is 6.54 Å². The molecule has 2 aromatic carbocycles. The number of hydrogen-bond donors (Lipinski definition) is 0. The first kappa shape index (κ1) is 15.8. The summed E-state index contributed by atoms with van der Waals surface area (Å²) < 4.78 is 12.8. The lowest BCUT2D eigenvalue weighted by atomic mass is 10.1. The van der Waals surface area contributed by atoms with Crippen molar-refractivity contribution >= 4 is 11.5 Å². The largest absolute Gasteiger partial charge is 0.294 e. The lowest BCUT2D eigenvalue weighted by molar-refractivity contribution is -0.385. The van der Waals surface area contributed by atoms with Gasteiger partial charge in [-0.15, -0.1) is 0 Å². The molecule has 5 nitrogen and oxygen atoms in total. The van der Waals surface area contributed by atoms with E-state index in [1.54, 1.807) is 30.1 Å². The summed E-state index contributed by atoms with van der Waals surface area (Å²) in [5.41, 5.74) is 0.987. The Morgan fingerprint density at radius 3 is 2.45 bits per heavy atom. The van der Waals surface area contributed by atoms with Crippen molar-refractivity contribution in [2.75, 3.05) is 13.6 Å². The molecule has 6 heteroatoms. The number of nitrogens with zero attached hydrogens (tertiary/aromatic N) is 2. The van der Waals surface area contributed by atoms with Gasteiger partial charge in [-0.25, -0.2) is 4.39 Å². The van der Waals surface area contributed by atoms with Crippen LogP contribution in [0.25, 0.3) is 0 Å². The van der Waals surface area contributed by atoms with Crippen LogP contribution in [0.4, 0.5) is 10.1 Å². The Kier molecular flexibility index (Phi) is 4.95. The molecular formula is C16H15FN2O3. The highest BCUT2D eigenvalue weighted by Gasteiger charge is 2.16. The van der Waals surface area contributed by atoms with Crippen molar-refractivity contribution in [1.29, 1.82) is 0 Å². The molecule has 114 valence electrons. The average molecular weight is 302 g/mol. The quantitative estimate of drug-likeness (QED) is 0.467. The van der Waals surface area contributed by atoms with E-state index < -0.39 is 10.7 Å². The molecule has 0 aliphatic heterocycles. The average Bonchev–Trinajstić information content (AvgIpc) is 2.48. The minimum Gasteiger partial charge on any atom is -0.294 e. The number of Topliss-reactive ketones (excluding diaryl/α,β-unsaturated/α-hetero) is 1. The van der Waals surface area contributed by atoms with Crippen LogP contribution in [0, 0.1) is 15.9 Å². The summed E-state index contributed by atoms with van der Waals surface area (Å²) in [7, 11) is 1.71. The van der Waals surface area contributed by atoms with E-state index in [0.717, 1.165) is 0 Å². The molecule has 0 atom stereocenters. The van der Waals surface area contributed by atoms with Gasteiger partial charge in [0.25, 0.3) is 5.69 Å². The van der Waals surface area contributed by atoms with Gasteiger partial charge >= 0.3 is 0 Å². The number of ketones is 1. The van der Waals surface area contributed by atoms with E-state index in [1.165, 1.54) is 30.3 Å². The number of carbonyl (C=O) groups excluding carboxylic acids is 1. The summed E-state index contributed by atoms with van der Waals surface area (Å²) in [5, 5.41) is 11.0. The number of benzene rings is 2. The maximum atomic E-state index is 12.8. The number of nitro groups is 1. The Labute approximate surface area is 127 Å². The summed E-state index contributed by atoms with van der Waals surface area (Å²) in [4.78, 5) is 24.3. The standard InChI is InChI=1S/C16H15FN2O3/c1-18(10-13-4-2-3-5-15(13)19(21)22)11-16(20)12-6-8-14(17)9-7-12/h2-9H,10-11H2,1H3. The van der Waals surface area contributed by atoms with E-state index in [1.807, 2.05) is 0 Å². The van der Waals surface area contributed by atoms with Crippen LogP contribution in [0.3, 0.4) is 0 Å². The van der Waals surface area contributed by atoms with E-state index in [-0.39, 0.29) is 24.6 Å². The molecule has 2 aromatic rings. The molecule has 0 fully saturated rings. The Bertz CT molecular complexity index is 686. The smallest absolute Gasteiger partial charge is 0.273 e. The number of rotatable bonds is 6. The number of para-hydroxylation sites is 1. The summed E-state index contributed by atoms with van der Waals surface area (Å²) in [6.07, 6.45) is 0. The first-order valence-electron chi connectivity index (χ1n) is 6.67. The fourth-order valence-corrected chi connectivity index (χ4v) is 2.14. The highest BCUT2D eigenvalue weighted by Crippen LogP contribution is 2.19. The number of hydrogen-bond acceptors (Lipinski definition) is 4. The number of likely N-dealkylation sites (N-methyl/N-ethyl adjacent to an activating group) is 1. The highest BCUT2D eigenvalue weighted by molar-refractivity contribution is 5.97. The van der Waals surface area contributed by atoms with Crippen LogP contribution in [0.5, 0.6) is 0 Å². The van der Waals surface area contributed by atoms with Gasteiger partial charge in [-0.3, -0.25) is 19.8 Å². The van der Waals surface area contributed by atoms with Crippen molar-refractivity contribution in [1.82, 2.24) is 4.90 Å². The van der Waals surface area contributed by atoms with E-state index in [2.05, 4.69) is 0 Å². The van der Waals surface area contributed by atoms with E-state index in [9.17, 15) is 19.3 Å². The first-order valence-corrected chi connectivity index (χ1v) is 6.67. The topological polar surface area (TPSA) is 63.5 Å². The zero-order chi connectivity index (χ0) is 16.1. The third-order valence-electron chi connectivity index (χ3n) is 3.21. The summed E-state index contributed by atoms with van der Waals surface area (Å²) in [5.74, 6) is -0.564. The van der Waals surface area contributed by atoms with E-state index in [0.29, 0.717) is 11.1 Å². The van der Waals surface area contributed by atoms with Crippen molar-refractivity contribution < 1.29 is 14.1 Å². The summed E-state index contributed by atoms with van der Waals surface area (Å²) >= 11 is 0. The van der Waals surface area contributed by atoms with Crippen molar-refractivity contribution in [2.45, 2.75) is 6.54 Å². The molecule has 0 radical (unpaired) electrons. The molecule has 0 N–H and O–H groups in total. The van der Waals surface area contributed by atoms with Gasteiger partial charge in [0.15, 0.2) is 5.78 Å².